The predicted molar refractivity (Wildman–Crippen MR) is 101 cm³/mol. The number of carbonyl (C=O) groups excluding carboxylic acids is 1. The molecule has 0 saturated carbocycles. The minimum Gasteiger partial charge on any atom is -0.491 e. The second-order valence-electron chi connectivity index (χ2n) is 5.58. The molecular formula is C18H19ClN2O3S. The van der Waals surface area contributed by atoms with E-state index in [0.29, 0.717) is 33.6 Å². The monoisotopic (exact) mass is 378 g/mol. The number of rotatable bonds is 6. The van der Waals surface area contributed by atoms with E-state index in [1.807, 2.05) is 13.0 Å². The number of carbonyl (C=O) groups is 1. The number of benzene rings is 1. The lowest BCUT2D eigenvalue weighted by molar-refractivity contribution is 0.0959. The van der Waals surface area contributed by atoms with E-state index >= 15 is 0 Å². The van der Waals surface area contributed by atoms with Crippen LogP contribution in [0.1, 0.15) is 39.0 Å². The summed E-state index contributed by atoms with van der Waals surface area (Å²) in [6.45, 7) is 2.37. The number of hydrogen-bond donors (Lipinski definition) is 1. The first-order valence-electron chi connectivity index (χ1n) is 8.07. The number of thiophene rings is 1. The van der Waals surface area contributed by atoms with Crippen molar-refractivity contribution in [1.29, 1.82) is 0 Å². The molecule has 0 radical (unpaired) electrons. The van der Waals surface area contributed by atoms with Gasteiger partial charge in [0.15, 0.2) is 11.5 Å². The molecule has 1 heterocycles. The Morgan fingerprint density at radius 1 is 1.40 bits per heavy atom. The topological polar surface area (TPSA) is 59.9 Å². The molecule has 1 N–H and O–H groups in total. The molecule has 1 aromatic carbocycles. The van der Waals surface area contributed by atoms with Crippen LogP contribution in [0.2, 0.25) is 5.02 Å². The van der Waals surface area contributed by atoms with Crippen LogP contribution in [0, 0.1) is 0 Å². The Kier molecular flexibility index (Phi) is 5.60. The Morgan fingerprint density at radius 2 is 2.24 bits per heavy atom. The average molecular weight is 379 g/mol. The van der Waals surface area contributed by atoms with Crippen LogP contribution < -0.4 is 14.9 Å². The highest BCUT2D eigenvalue weighted by molar-refractivity contribution is 7.14. The maximum Gasteiger partial charge on any atom is 0.281 e. The zero-order valence-electron chi connectivity index (χ0n) is 14.1. The summed E-state index contributed by atoms with van der Waals surface area (Å²) in [6.07, 6.45) is 4.85. The summed E-state index contributed by atoms with van der Waals surface area (Å²) in [4.78, 5) is 14.2. The molecule has 2 aromatic rings. The predicted octanol–water partition coefficient (Wildman–Crippen LogP) is 4.06. The number of fused-ring (bicyclic) bond motifs is 1. The van der Waals surface area contributed by atoms with E-state index in [2.05, 4.69) is 10.5 Å². The summed E-state index contributed by atoms with van der Waals surface area (Å²) in [5.74, 6) is 0.832. The third-order valence-corrected chi connectivity index (χ3v) is 5.40. The highest BCUT2D eigenvalue weighted by Gasteiger charge is 2.18. The van der Waals surface area contributed by atoms with Crippen molar-refractivity contribution < 1.29 is 14.3 Å². The Bertz CT molecular complexity index is 795. The first kappa shape index (κ1) is 17.8. The van der Waals surface area contributed by atoms with Crippen LogP contribution in [0.5, 0.6) is 11.5 Å². The zero-order chi connectivity index (χ0) is 17.8. The summed E-state index contributed by atoms with van der Waals surface area (Å²) < 4.78 is 10.8. The molecule has 25 heavy (non-hydrogen) atoms. The number of amides is 1. The SMILES string of the molecule is CCOc1cc(/C=N\NC(=O)c2cc3c(s2)CCC3)cc(Cl)c1OC. The molecule has 1 aliphatic rings. The van der Waals surface area contributed by atoms with E-state index in [-0.39, 0.29) is 5.91 Å². The van der Waals surface area contributed by atoms with Gasteiger partial charge in [-0.1, -0.05) is 11.6 Å². The number of nitrogens with one attached hydrogen (secondary N) is 1. The number of hydrazone groups is 1. The minimum atomic E-state index is -0.194. The lowest BCUT2D eigenvalue weighted by atomic mass is 10.2. The molecular weight excluding hydrogens is 360 g/mol. The molecule has 0 bridgehead atoms. The fourth-order valence-corrected chi connectivity index (χ4v) is 4.22. The van der Waals surface area contributed by atoms with Gasteiger partial charge in [0.05, 0.1) is 29.8 Å². The van der Waals surface area contributed by atoms with Gasteiger partial charge in [-0.15, -0.1) is 11.3 Å². The van der Waals surface area contributed by atoms with E-state index in [0.717, 1.165) is 12.8 Å². The van der Waals surface area contributed by atoms with Crippen molar-refractivity contribution in [3.8, 4) is 11.5 Å². The van der Waals surface area contributed by atoms with Crippen LogP contribution in [-0.2, 0) is 12.8 Å². The van der Waals surface area contributed by atoms with Crippen LogP contribution in [0.4, 0.5) is 0 Å². The van der Waals surface area contributed by atoms with Crippen molar-refractivity contribution in [2.75, 3.05) is 13.7 Å². The Hall–Kier alpha value is -2.05. The van der Waals surface area contributed by atoms with Gasteiger partial charge in [-0.3, -0.25) is 4.79 Å². The molecule has 0 spiro atoms. The fraction of sp³-hybridized carbons (Fsp3) is 0.333. The van der Waals surface area contributed by atoms with Crippen LogP contribution in [0.25, 0.3) is 0 Å². The number of ether oxygens (including phenoxy) is 2. The molecule has 1 aromatic heterocycles. The highest BCUT2D eigenvalue weighted by Crippen LogP contribution is 2.36. The van der Waals surface area contributed by atoms with Gasteiger partial charge in [0, 0.05) is 4.88 Å². The Labute approximate surface area is 155 Å². The van der Waals surface area contributed by atoms with E-state index in [1.54, 1.807) is 23.5 Å². The first-order chi connectivity index (χ1) is 12.1. The van der Waals surface area contributed by atoms with Gasteiger partial charge >= 0.3 is 0 Å². The summed E-state index contributed by atoms with van der Waals surface area (Å²) in [7, 11) is 1.54. The summed E-state index contributed by atoms with van der Waals surface area (Å²) >= 11 is 7.75. The first-order valence-corrected chi connectivity index (χ1v) is 9.27. The van der Waals surface area contributed by atoms with Gasteiger partial charge in [-0.2, -0.15) is 5.10 Å². The zero-order valence-corrected chi connectivity index (χ0v) is 15.7. The maximum absolute atomic E-state index is 12.2. The Balaban J connectivity index is 1.69. The summed E-state index contributed by atoms with van der Waals surface area (Å²) in [6, 6.07) is 5.44. The number of halogens is 1. The molecule has 132 valence electrons. The molecule has 0 saturated heterocycles. The number of nitrogens with zero attached hydrogens (tertiary/aromatic N) is 1. The largest absolute Gasteiger partial charge is 0.491 e. The number of aryl methyl sites for hydroxylation is 2. The van der Waals surface area contributed by atoms with Crippen LogP contribution in [-0.4, -0.2) is 25.8 Å². The van der Waals surface area contributed by atoms with Crippen LogP contribution in [0.15, 0.2) is 23.3 Å². The van der Waals surface area contributed by atoms with Crippen molar-refractivity contribution in [1.82, 2.24) is 5.43 Å². The third-order valence-electron chi connectivity index (χ3n) is 3.89. The van der Waals surface area contributed by atoms with Gasteiger partial charge in [0.25, 0.3) is 5.91 Å². The fourth-order valence-electron chi connectivity index (χ4n) is 2.78. The van der Waals surface area contributed by atoms with Crippen LogP contribution >= 0.6 is 22.9 Å². The normalized spacial score (nSPS) is 13.1. The van der Waals surface area contributed by atoms with E-state index in [9.17, 15) is 4.79 Å². The molecule has 3 rings (SSSR count). The second kappa shape index (κ2) is 7.89. The second-order valence-corrected chi connectivity index (χ2v) is 7.12. The molecule has 0 unspecified atom stereocenters. The van der Waals surface area contributed by atoms with Gasteiger partial charge in [-0.25, -0.2) is 5.43 Å². The molecule has 0 fully saturated rings. The third kappa shape index (κ3) is 3.96. The van der Waals surface area contributed by atoms with Crippen LogP contribution in [0.3, 0.4) is 0 Å². The molecule has 1 aliphatic carbocycles. The molecule has 5 nitrogen and oxygen atoms in total. The van der Waals surface area contributed by atoms with Crippen molar-refractivity contribution in [2.24, 2.45) is 5.10 Å². The van der Waals surface area contributed by atoms with Gasteiger partial charge in [-0.05, 0) is 55.5 Å². The van der Waals surface area contributed by atoms with Crippen molar-refractivity contribution in [3.05, 3.63) is 44.1 Å². The molecule has 1 amide bonds. The van der Waals surface area contributed by atoms with Gasteiger partial charge in [0.2, 0.25) is 0 Å². The van der Waals surface area contributed by atoms with Crippen molar-refractivity contribution in [3.63, 3.8) is 0 Å². The van der Waals surface area contributed by atoms with Crippen molar-refractivity contribution in [2.45, 2.75) is 26.2 Å². The number of methoxy groups -OCH3 is 1. The average Bonchev–Trinajstić information content (AvgIpc) is 3.16. The molecule has 7 heteroatoms. The van der Waals surface area contributed by atoms with E-state index < -0.39 is 0 Å². The minimum absolute atomic E-state index is 0.194. The van der Waals surface area contributed by atoms with Gasteiger partial charge in [0.1, 0.15) is 0 Å². The lowest BCUT2D eigenvalue weighted by Crippen LogP contribution is -2.16. The van der Waals surface area contributed by atoms with E-state index in [4.69, 9.17) is 21.1 Å². The quantitative estimate of drug-likeness (QED) is 0.609. The van der Waals surface area contributed by atoms with Crippen molar-refractivity contribution >= 4 is 35.1 Å². The van der Waals surface area contributed by atoms with Gasteiger partial charge < -0.3 is 9.47 Å². The Morgan fingerprint density at radius 3 is 2.96 bits per heavy atom. The molecule has 0 atom stereocenters. The lowest BCUT2D eigenvalue weighted by Gasteiger charge is -2.11. The summed E-state index contributed by atoms with van der Waals surface area (Å²) in [5.41, 5.74) is 4.57. The van der Waals surface area contributed by atoms with E-state index in [1.165, 1.54) is 30.2 Å². The molecule has 0 aliphatic heterocycles. The summed E-state index contributed by atoms with van der Waals surface area (Å²) in [5, 5.41) is 4.45. The highest BCUT2D eigenvalue weighted by atomic mass is 35.5. The standard InChI is InChI=1S/C18H19ClN2O3S/c1-3-24-14-8-11(7-13(19)17(14)23-2)10-20-21-18(22)16-9-12-5-4-6-15(12)25-16/h7-10H,3-6H2,1-2H3,(H,21,22)/b20-10-. The maximum atomic E-state index is 12.2. The smallest absolute Gasteiger partial charge is 0.281 e. The number of hydrogen-bond acceptors (Lipinski definition) is 5.